The van der Waals surface area contributed by atoms with Crippen molar-refractivity contribution in [2.75, 3.05) is 0 Å². The zero-order valence-electron chi connectivity index (χ0n) is 11.7. The molecular formula is C19H16O2. The molecule has 0 aromatic heterocycles. The zero-order valence-corrected chi connectivity index (χ0v) is 11.7. The van der Waals surface area contributed by atoms with Crippen molar-refractivity contribution in [3.8, 4) is 11.5 Å². The summed E-state index contributed by atoms with van der Waals surface area (Å²) in [5.74, 6) is 4.61. The SMILES string of the molecule is c1ccc2c(c1)CC(c1ccc3c(c1)C1C4CC4C1O3)O2. The summed E-state index contributed by atoms with van der Waals surface area (Å²) < 4.78 is 12.2. The normalized spacial score (nSPS) is 36.5. The van der Waals surface area contributed by atoms with E-state index in [9.17, 15) is 0 Å². The minimum absolute atomic E-state index is 0.168. The van der Waals surface area contributed by atoms with Gasteiger partial charge in [0.25, 0.3) is 0 Å². The first kappa shape index (κ1) is 10.7. The average molecular weight is 276 g/mol. The van der Waals surface area contributed by atoms with Crippen LogP contribution in [0.2, 0.25) is 0 Å². The maximum Gasteiger partial charge on any atom is 0.128 e. The number of rotatable bonds is 1. The monoisotopic (exact) mass is 276 g/mol. The summed E-state index contributed by atoms with van der Waals surface area (Å²) in [6.45, 7) is 0. The third-order valence-corrected chi connectivity index (χ3v) is 5.80. The Morgan fingerprint density at radius 1 is 0.905 bits per heavy atom. The minimum Gasteiger partial charge on any atom is -0.489 e. The van der Waals surface area contributed by atoms with E-state index < -0.39 is 0 Å². The fourth-order valence-electron chi connectivity index (χ4n) is 4.61. The minimum atomic E-state index is 0.168. The van der Waals surface area contributed by atoms with Crippen LogP contribution < -0.4 is 9.47 Å². The first-order valence-corrected chi connectivity index (χ1v) is 7.93. The van der Waals surface area contributed by atoms with Gasteiger partial charge >= 0.3 is 0 Å². The number of fused-ring (bicyclic) bond motifs is 7. The van der Waals surface area contributed by atoms with E-state index in [1.165, 1.54) is 23.1 Å². The molecule has 6 rings (SSSR count). The molecule has 4 aliphatic rings. The maximum atomic E-state index is 6.13. The molecule has 5 unspecified atom stereocenters. The summed E-state index contributed by atoms with van der Waals surface area (Å²) >= 11 is 0. The van der Waals surface area contributed by atoms with E-state index in [2.05, 4.69) is 36.4 Å². The highest BCUT2D eigenvalue weighted by Gasteiger charge is 2.66. The van der Waals surface area contributed by atoms with Gasteiger partial charge in [-0.15, -0.1) is 0 Å². The first-order valence-electron chi connectivity index (χ1n) is 7.93. The number of hydrogen-bond acceptors (Lipinski definition) is 2. The van der Waals surface area contributed by atoms with E-state index in [0.717, 1.165) is 29.8 Å². The lowest BCUT2D eigenvalue weighted by atomic mass is 9.78. The van der Waals surface area contributed by atoms with Gasteiger partial charge in [-0.1, -0.05) is 24.3 Å². The van der Waals surface area contributed by atoms with Crippen LogP contribution in [0, 0.1) is 11.8 Å². The maximum absolute atomic E-state index is 6.13. The Morgan fingerprint density at radius 3 is 2.81 bits per heavy atom. The fourth-order valence-corrected chi connectivity index (χ4v) is 4.61. The molecule has 2 heterocycles. The van der Waals surface area contributed by atoms with Crippen LogP contribution in [-0.4, -0.2) is 6.10 Å². The van der Waals surface area contributed by atoms with Crippen LogP contribution in [0.4, 0.5) is 0 Å². The van der Waals surface area contributed by atoms with Crippen LogP contribution in [0.3, 0.4) is 0 Å². The van der Waals surface area contributed by atoms with E-state index >= 15 is 0 Å². The molecule has 2 saturated carbocycles. The topological polar surface area (TPSA) is 18.5 Å². The largest absolute Gasteiger partial charge is 0.489 e. The quantitative estimate of drug-likeness (QED) is 0.787. The van der Waals surface area contributed by atoms with Gasteiger partial charge in [0.05, 0.1) is 0 Å². The Hall–Kier alpha value is -1.96. The molecule has 2 heteroatoms. The first-order chi connectivity index (χ1) is 10.4. The van der Waals surface area contributed by atoms with Crippen LogP contribution in [0.5, 0.6) is 11.5 Å². The molecular weight excluding hydrogens is 260 g/mol. The highest BCUT2D eigenvalue weighted by molar-refractivity contribution is 5.50. The molecule has 0 spiro atoms. The summed E-state index contributed by atoms with van der Waals surface area (Å²) in [6.07, 6.45) is 3.02. The molecule has 0 bridgehead atoms. The highest BCUT2D eigenvalue weighted by atomic mass is 16.5. The molecule has 2 nitrogen and oxygen atoms in total. The molecule has 2 fully saturated rings. The van der Waals surface area contributed by atoms with Crippen molar-refractivity contribution in [2.24, 2.45) is 11.8 Å². The van der Waals surface area contributed by atoms with Crippen molar-refractivity contribution >= 4 is 0 Å². The lowest BCUT2D eigenvalue weighted by Gasteiger charge is -2.27. The smallest absolute Gasteiger partial charge is 0.128 e. The number of ether oxygens (including phenoxy) is 2. The number of hydrogen-bond donors (Lipinski definition) is 0. The zero-order chi connectivity index (χ0) is 13.6. The van der Waals surface area contributed by atoms with Gasteiger partial charge in [-0.05, 0) is 41.7 Å². The molecule has 2 aliphatic heterocycles. The highest BCUT2D eigenvalue weighted by Crippen LogP contribution is 2.69. The van der Waals surface area contributed by atoms with Gasteiger partial charge in [-0.25, -0.2) is 0 Å². The molecule has 2 aliphatic carbocycles. The van der Waals surface area contributed by atoms with Gasteiger partial charge in [-0.2, -0.15) is 0 Å². The Labute approximate surface area is 123 Å². The van der Waals surface area contributed by atoms with Crippen LogP contribution in [0.1, 0.15) is 35.1 Å². The van der Waals surface area contributed by atoms with Crippen molar-refractivity contribution in [1.29, 1.82) is 0 Å². The van der Waals surface area contributed by atoms with E-state index in [1.54, 1.807) is 0 Å². The van der Waals surface area contributed by atoms with Crippen molar-refractivity contribution in [2.45, 2.75) is 31.0 Å². The molecule has 2 aromatic carbocycles. The van der Waals surface area contributed by atoms with Gasteiger partial charge in [-0.3, -0.25) is 0 Å². The molecule has 0 saturated heterocycles. The molecule has 21 heavy (non-hydrogen) atoms. The van der Waals surface area contributed by atoms with Crippen molar-refractivity contribution in [1.82, 2.24) is 0 Å². The second kappa shape index (κ2) is 3.44. The summed E-state index contributed by atoms with van der Waals surface area (Å²) in [7, 11) is 0. The van der Waals surface area contributed by atoms with E-state index in [4.69, 9.17) is 9.47 Å². The molecule has 0 radical (unpaired) electrons. The Bertz CT molecular complexity index is 741. The van der Waals surface area contributed by atoms with E-state index in [-0.39, 0.29) is 6.10 Å². The van der Waals surface area contributed by atoms with Crippen molar-refractivity contribution in [3.05, 3.63) is 59.2 Å². The molecule has 104 valence electrons. The molecule has 0 N–H and O–H groups in total. The lowest BCUT2D eigenvalue weighted by Crippen LogP contribution is -2.32. The Kier molecular flexibility index (Phi) is 1.75. The lowest BCUT2D eigenvalue weighted by molar-refractivity contribution is 0.110. The van der Waals surface area contributed by atoms with Crippen LogP contribution in [-0.2, 0) is 6.42 Å². The standard InChI is InChI=1S/C19H16O2/c1-2-4-15-10(3-1)8-17(20-15)11-5-6-16-14(7-11)18-12-9-13(12)19(18)21-16/h1-7,12-13,17-19H,8-9H2. The van der Waals surface area contributed by atoms with Gasteiger partial charge in [0, 0.05) is 23.8 Å². The summed E-state index contributed by atoms with van der Waals surface area (Å²) in [5, 5.41) is 0. The number of para-hydroxylation sites is 1. The van der Waals surface area contributed by atoms with Gasteiger partial charge in [0.15, 0.2) is 0 Å². The van der Waals surface area contributed by atoms with Crippen molar-refractivity contribution < 1.29 is 9.47 Å². The summed E-state index contributed by atoms with van der Waals surface area (Å²) in [4.78, 5) is 0. The predicted molar refractivity (Wildman–Crippen MR) is 78.7 cm³/mol. The molecule has 0 amide bonds. The van der Waals surface area contributed by atoms with Gasteiger partial charge in [0.1, 0.15) is 23.7 Å². The third kappa shape index (κ3) is 1.29. The van der Waals surface area contributed by atoms with Crippen LogP contribution >= 0.6 is 0 Å². The Morgan fingerprint density at radius 2 is 1.86 bits per heavy atom. The number of benzene rings is 2. The molecule has 2 aromatic rings. The van der Waals surface area contributed by atoms with Crippen molar-refractivity contribution in [3.63, 3.8) is 0 Å². The second-order valence-corrected chi connectivity index (χ2v) is 6.89. The van der Waals surface area contributed by atoms with E-state index in [1.807, 2.05) is 6.07 Å². The summed E-state index contributed by atoms with van der Waals surface area (Å²) in [5.41, 5.74) is 4.07. The molecule has 5 atom stereocenters. The second-order valence-electron chi connectivity index (χ2n) is 6.89. The fraction of sp³-hybridized carbons (Fsp3) is 0.368. The Balaban J connectivity index is 1.37. The van der Waals surface area contributed by atoms with Gasteiger partial charge < -0.3 is 9.47 Å². The van der Waals surface area contributed by atoms with E-state index in [0.29, 0.717) is 12.0 Å². The van der Waals surface area contributed by atoms with Gasteiger partial charge in [0.2, 0.25) is 0 Å². The third-order valence-electron chi connectivity index (χ3n) is 5.80. The van der Waals surface area contributed by atoms with Crippen LogP contribution in [0.25, 0.3) is 0 Å². The average Bonchev–Trinajstić information content (AvgIpc) is 2.93. The van der Waals surface area contributed by atoms with Crippen LogP contribution in [0.15, 0.2) is 42.5 Å². The summed E-state index contributed by atoms with van der Waals surface area (Å²) in [6, 6.07) is 15.1. The predicted octanol–water partition coefficient (Wildman–Crippen LogP) is 3.86.